The van der Waals surface area contributed by atoms with E-state index in [4.69, 9.17) is 11.6 Å². The lowest BCUT2D eigenvalue weighted by atomic mass is 10.3. The Morgan fingerprint density at radius 3 is 2.48 bits per heavy atom. The SMILES string of the molecule is Cc1cccn(CC(=O)Nc2ccc(S(=O)(=O)Nc3ccc(Cl)nn3)cc2)c1=O. The molecule has 0 atom stereocenters. The summed E-state index contributed by atoms with van der Waals surface area (Å²) in [5.74, 6) is -0.391. The van der Waals surface area contributed by atoms with Crippen LogP contribution in [0, 0.1) is 6.92 Å². The van der Waals surface area contributed by atoms with Gasteiger partial charge in [0.2, 0.25) is 5.91 Å². The summed E-state index contributed by atoms with van der Waals surface area (Å²) in [7, 11) is -3.88. The summed E-state index contributed by atoms with van der Waals surface area (Å²) in [6.07, 6.45) is 1.52. The second-order valence-corrected chi connectivity index (χ2v) is 8.11. The van der Waals surface area contributed by atoms with Crippen LogP contribution < -0.4 is 15.6 Å². The number of hydrogen-bond acceptors (Lipinski definition) is 6. The average Bonchev–Trinajstić information content (AvgIpc) is 2.67. The van der Waals surface area contributed by atoms with Gasteiger partial charge in [-0.1, -0.05) is 17.7 Å². The molecule has 0 aliphatic rings. The van der Waals surface area contributed by atoms with Crippen LogP contribution in [0.4, 0.5) is 11.5 Å². The van der Waals surface area contributed by atoms with Crippen LogP contribution in [-0.2, 0) is 21.4 Å². The molecule has 0 saturated carbocycles. The zero-order chi connectivity index (χ0) is 21.0. The van der Waals surface area contributed by atoms with Gasteiger partial charge < -0.3 is 9.88 Å². The molecule has 150 valence electrons. The minimum absolute atomic E-state index is 0.0235. The van der Waals surface area contributed by atoms with E-state index >= 15 is 0 Å². The highest BCUT2D eigenvalue weighted by Gasteiger charge is 2.15. The summed E-state index contributed by atoms with van der Waals surface area (Å²) in [6, 6.07) is 11.7. The van der Waals surface area contributed by atoms with Gasteiger partial charge in [-0.3, -0.25) is 14.3 Å². The molecule has 0 fully saturated rings. The highest BCUT2D eigenvalue weighted by atomic mass is 35.5. The van der Waals surface area contributed by atoms with E-state index < -0.39 is 15.9 Å². The van der Waals surface area contributed by atoms with Crippen molar-refractivity contribution in [1.82, 2.24) is 14.8 Å². The first-order chi connectivity index (χ1) is 13.7. The Kier molecular flexibility index (Phi) is 5.95. The van der Waals surface area contributed by atoms with Gasteiger partial charge in [0.05, 0.1) is 4.90 Å². The first-order valence-corrected chi connectivity index (χ1v) is 10.2. The van der Waals surface area contributed by atoms with E-state index in [0.717, 1.165) is 0 Å². The van der Waals surface area contributed by atoms with Gasteiger partial charge in [-0.05, 0) is 49.4 Å². The van der Waals surface area contributed by atoms with E-state index in [9.17, 15) is 18.0 Å². The van der Waals surface area contributed by atoms with Crippen molar-refractivity contribution in [2.45, 2.75) is 18.4 Å². The zero-order valence-corrected chi connectivity index (χ0v) is 16.7. The van der Waals surface area contributed by atoms with Gasteiger partial charge in [0.15, 0.2) is 11.0 Å². The Balaban J connectivity index is 1.67. The minimum Gasteiger partial charge on any atom is -0.325 e. The van der Waals surface area contributed by atoms with Crippen molar-refractivity contribution in [3.05, 3.63) is 75.8 Å². The van der Waals surface area contributed by atoms with Crippen molar-refractivity contribution in [3.63, 3.8) is 0 Å². The Morgan fingerprint density at radius 1 is 1.10 bits per heavy atom. The van der Waals surface area contributed by atoms with Crippen LogP contribution in [0.5, 0.6) is 0 Å². The number of nitrogens with one attached hydrogen (secondary N) is 2. The molecule has 0 bridgehead atoms. The molecule has 0 aliphatic carbocycles. The molecule has 3 rings (SSSR count). The number of halogens is 1. The molecule has 2 N–H and O–H groups in total. The largest absolute Gasteiger partial charge is 0.325 e. The standard InChI is InChI=1S/C18H16ClN5O4S/c1-12-3-2-10-24(18(12)26)11-17(25)20-13-4-6-14(7-5-13)29(27,28)23-16-9-8-15(19)21-22-16/h2-10H,11H2,1H3,(H,20,25)(H,22,23). The van der Waals surface area contributed by atoms with Crippen LogP contribution in [0.25, 0.3) is 0 Å². The van der Waals surface area contributed by atoms with Gasteiger partial charge in [-0.15, -0.1) is 10.2 Å². The van der Waals surface area contributed by atoms with Gasteiger partial charge in [0.25, 0.3) is 15.6 Å². The summed E-state index contributed by atoms with van der Waals surface area (Å²) in [6.45, 7) is 1.51. The first kappa shape index (κ1) is 20.5. The Labute approximate surface area is 171 Å². The fourth-order valence-corrected chi connectivity index (χ4v) is 3.52. The molecule has 0 radical (unpaired) electrons. The van der Waals surface area contributed by atoms with Gasteiger partial charge in [0, 0.05) is 17.4 Å². The highest BCUT2D eigenvalue weighted by molar-refractivity contribution is 7.92. The molecule has 11 heteroatoms. The second-order valence-electron chi connectivity index (χ2n) is 6.04. The molecule has 1 aromatic carbocycles. The summed E-state index contributed by atoms with van der Waals surface area (Å²) < 4.78 is 28.4. The van der Waals surface area contributed by atoms with Crippen LogP contribution in [-0.4, -0.2) is 29.1 Å². The van der Waals surface area contributed by atoms with E-state index in [0.29, 0.717) is 11.3 Å². The molecule has 0 spiro atoms. The molecule has 2 heterocycles. The van der Waals surface area contributed by atoms with Crippen molar-refractivity contribution in [2.24, 2.45) is 0 Å². The molecule has 9 nitrogen and oxygen atoms in total. The predicted molar refractivity (Wildman–Crippen MR) is 108 cm³/mol. The van der Waals surface area contributed by atoms with Gasteiger partial charge in [-0.25, -0.2) is 8.42 Å². The lowest BCUT2D eigenvalue weighted by Gasteiger charge is -2.10. The smallest absolute Gasteiger partial charge is 0.263 e. The Morgan fingerprint density at radius 2 is 1.83 bits per heavy atom. The van der Waals surface area contributed by atoms with E-state index in [2.05, 4.69) is 20.2 Å². The van der Waals surface area contributed by atoms with Crippen molar-refractivity contribution in [1.29, 1.82) is 0 Å². The number of sulfonamides is 1. The third-order valence-electron chi connectivity index (χ3n) is 3.84. The molecular formula is C18H16ClN5O4S. The molecule has 3 aromatic rings. The quantitative estimate of drug-likeness (QED) is 0.613. The summed E-state index contributed by atoms with van der Waals surface area (Å²) in [5, 5.41) is 9.97. The number of rotatable bonds is 6. The number of aromatic nitrogens is 3. The van der Waals surface area contributed by atoms with Crippen LogP contribution >= 0.6 is 11.6 Å². The molecular weight excluding hydrogens is 418 g/mol. The number of carbonyl (C=O) groups is 1. The zero-order valence-electron chi connectivity index (χ0n) is 15.2. The molecule has 0 unspecified atom stereocenters. The van der Waals surface area contributed by atoms with E-state index in [1.165, 1.54) is 47.2 Å². The predicted octanol–water partition coefficient (Wildman–Crippen LogP) is 2.04. The lowest BCUT2D eigenvalue weighted by molar-refractivity contribution is -0.116. The maximum absolute atomic E-state index is 12.4. The van der Waals surface area contributed by atoms with Gasteiger partial charge in [0.1, 0.15) is 6.54 Å². The third kappa shape index (κ3) is 5.18. The van der Waals surface area contributed by atoms with E-state index in [-0.39, 0.29) is 28.0 Å². The molecule has 2 aromatic heterocycles. The summed E-state index contributed by atoms with van der Waals surface area (Å²) in [5.41, 5.74) is 0.675. The highest BCUT2D eigenvalue weighted by Crippen LogP contribution is 2.17. The Hall–Kier alpha value is -3.24. The summed E-state index contributed by atoms with van der Waals surface area (Å²) >= 11 is 5.62. The topological polar surface area (TPSA) is 123 Å². The number of nitrogens with zero attached hydrogens (tertiary/aromatic N) is 3. The lowest BCUT2D eigenvalue weighted by Crippen LogP contribution is -2.28. The van der Waals surface area contributed by atoms with Crippen LogP contribution in [0.15, 0.2) is 64.4 Å². The van der Waals surface area contributed by atoms with Crippen LogP contribution in [0.3, 0.4) is 0 Å². The fraction of sp³-hybridized carbons (Fsp3) is 0.111. The number of hydrogen-bond donors (Lipinski definition) is 2. The van der Waals surface area contributed by atoms with Crippen molar-refractivity contribution >= 4 is 39.0 Å². The van der Waals surface area contributed by atoms with Crippen molar-refractivity contribution < 1.29 is 13.2 Å². The normalized spacial score (nSPS) is 11.1. The number of benzene rings is 1. The molecule has 29 heavy (non-hydrogen) atoms. The monoisotopic (exact) mass is 433 g/mol. The Bertz CT molecular complexity index is 1190. The van der Waals surface area contributed by atoms with Crippen LogP contribution in [0.1, 0.15) is 5.56 Å². The average molecular weight is 434 g/mol. The molecule has 0 saturated heterocycles. The van der Waals surface area contributed by atoms with Gasteiger partial charge in [-0.2, -0.15) is 0 Å². The second kappa shape index (κ2) is 8.41. The maximum atomic E-state index is 12.4. The number of carbonyl (C=O) groups excluding carboxylic acids is 1. The number of aryl methyl sites for hydroxylation is 1. The maximum Gasteiger partial charge on any atom is 0.263 e. The minimum atomic E-state index is -3.88. The number of anilines is 2. The molecule has 0 aliphatic heterocycles. The molecule has 1 amide bonds. The van der Waals surface area contributed by atoms with E-state index in [1.807, 2.05) is 0 Å². The van der Waals surface area contributed by atoms with Crippen LogP contribution in [0.2, 0.25) is 5.15 Å². The number of amides is 1. The van der Waals surface area contributed by atoms with Crippen molar-refractivity contribution in [3.8, 4) is 0 Å². The van der Waals surface area contributed by atoms with E-state index in [1.54, 1.807) is 19.1 Å². The van der Waals surface area contributed by atoms with Crippen molar-refractivity contribution in [2.75, 3.05) is 10.0 Å². The fourth-order valence-electron chi connectivity index (χ4n) is 2.42. The number of pyridine rings is 1. The van der Waals surface area contributed by atoms with Gasteiger partial charge >= 0.3 is 0 Å². The first-order valence-electron chi connectivity index (χ1n) is 8.33. The summed E-state index contributed by atoms with van der Waals surface area (Å²) in [4.78, 5) is 24.1. The third-order valence-corrected chi connectivity index (χ3v) is 5.42.